The van der Waals surface area contributed by atoms with E-state index in [1.807, 2.05) is 6.92 Å². The predicted molar refractivity (Wildman–Crippen MR) is 93.9 cm³/mol. The van der Waals surface area contributed by atoms with E-state index >= 15 is 0 Å². The second-order valence-corrected chi connectivity index (χ2v) is 7.31. The van der Waals surface area contributed by atoms with E-state index in [1.54, 1.807) is 12.4 Å². The molecule has 0 bridgehead atoms. The number of carbonyl (C=O) groups is 2. The topological polar surface area (TPSA) is 75.2 Å². The lowest BCUT2D eigenvalue weighted by Gasteiger charge is -2.34. The lowest BCUT2D eigenvalue weighted by atomic mass is 9.85. The highest BCUT2D eigenvalue weighted by Crippen LogP contribution is 2.55. The van der Waals surface area contributed by atoms with Crippen LogP contribution in [0.5, 0.6) is 0 Å². The van der Waals surface area contributed by atoms with Gasteiger partial charge in [-0.25, -0.2) is 18.7 Å². The molecule has 1 aromatic heterocycles. The van der Waals surface area contributed by atoms with E-state index in [1.165, 1.54) is 17.0 Å². The molecule has 2 amide bonds. The first-order valence-corrected chi connectivity index (χ1v) is 8.70. The number of hydrogen-bond acceptors (Lipinski definition) is 4. The zero-order valence-electron chi connectivity index (χ0n) is 14.3. The van der Waals surface area contributed by atoms with Crippen molar-refractivity contribution in [2.24, 2.45) is 0 Å². The Kier molecular flexibility index (Phi) is 4.10. The SMILES string of the molecule is Cc1cnc(NC(=O)CN2C[C@@]3(C[C@H]3F)c3c(ccc(Cl)c3F)C2=O)nc1. The third kappa shape index (κ3) is 2.93. The summed E-state index contributed by atoms with van der Waals surface area (Å²) in [6.45, 7) is 1.41. The molecule has 1 aromatic carbocycles. The number of aryl methyl sites for hydroxylation is 1. The summed E-state index contributed by atoms with van der Waals surface area (Å²) in [5, 5.41) is 2.35. The molecule has 1 aliphatic heterocycles. The van der Waals surface area contributed by atoms with Crippen LogP contribution in [0.1, 0.15) is 27.9 Å². The van der Waals surface area contributed by atoms with Crippen molar-refractivity contribution in [2.45, 2.75) is 24.9 Å². The van der Waals surface area contributed by atoms with Crippen molar-refractivity contribution in [2.75, 3.05) is 18.4 Å². The smallest absolute Gasteiger partial charge is 0.254 e. The van der Waals surface area contributed by atoms with Gasteiger partial charge in [-0.05, 0) is 31.0 Å². The monoisotopic (exact) mass is 392 g/mol. The Bertz CT molecular complexity index is 953. The van der Waals surface area contributed by atoms with Crippen LogP contribution in [-0.2, 0) is 10.2 Å². The normalized spacial score (nSPS) is 23.3. The van der Waals surface area contributed by atoms with Gasteiger partial charge in [-0.15, -0.1) is 0 Å². The van der Waals surface area contributed by atoms with Crippen LogP contribution in [0, 0.1) is 12.7 Å². The van der Waals surface area contributed by atoms with Crippen LogP contribution in [0.4, 0.5) is 14.7 Å². The molecule has 0 radical (unpaired) electrons. The molecule has 1 fully saturated rings. The first-order chi connectivity index (χ1) is 12.8. The van der Waals surface area contributed by atoms with E-state index in [2.05, 4.69) is 15.3 Å². The van der Waals surface area contributed by atoms with Gasteiger partial charge in [0.05, 0.1) is 10.4 Å². The molecule has 2 atom stereocenters. The fourth-order valence-corrected chi connectivity index (χ4v) is 3.64. The average Bonchev–Trinajstić information content (AvgIpc) is 3.26. The van der Waals surface area contributed by atoms with Crippen LogP contribution in [0.2, 0.25) is 5.02 Å². The van der Waals surface area contributed by atoms with Gasteiger partial charge in [-0.1, -0.05) is 11.6 Å². The van der Waals surface area contributed by atoms with Gasteiger partial charge in [0.1, 0.15) is 18.5 Å². The van der Waals surface area contributed by atoms with Gasteiger partial charge in [0, 0.05) is 30.1 Å². The third-order valence-electron chi connectivity index (χ3n) is 4.93. The summed E-state index contributed by atoms with van der Waals surface area (Å²) >= 11 is 5.82. The summed E-state index contributed by atoms with van der Waals surface area (Å²) in [6, 6.07) is 2.64. The Morgan fingerprint density at radius 2 is 2.07 bits per heavy atom. The molecule has 4 rings (SSSR count). The number of nitrogens with one attached hydrogen (secondary N) is 1. The Hall–Kier alpha value is -2.61. The van der Waals surface area contributed by atoms with Crippen molar-refractivity contribution in [1.29, 1.82) is 0 Å². The maximum Gasteiger partial charge on any atom is 0.254 e. The number of benzene rings is 1. The van der Waals surface area contributed by atoms with E-state index in [0.29, 0.717) is 0 Å². The van der Waals surface area contributed by atoms with E-state index in [9.17, 15) is 18.4 Å². The van der Waals surface area contributed by atoms with E-state index in [-0.39, 0.29) is 41.6 Å². The molecule has 27 heavy (non-hydrogen) atoms. The third-order valence-corrected chi connectivity index (χ3v) is 5.22. The fraction of sp³-hybridized carbons (Fsp3) is 0.333. The summed E-state index contributed by atoms with van der Waals surface area (Å²) in [5.74, 6) is -1.71. The van der Waals surface area contributed by atoms with Gasteiger partial charge >= 0.3 is 0 Å². The first kappa shape index (κ1) is 17.8. The molecular weight excluding hydrogens is 378 g/mol. The summed E-state index contributed by atoms with van der Waals surface area (Å²) < 4.78 is 28.7. The highest BCUT2D eigenvalue weighted by atomic mass is 35.5. The number of fused-ring (bicyclic) bond motifs is 2. The van der Waals surface area contributed by atoms with Crippen LogP contribution in [-0.4, -0.2) is 45.9 Å². The lowest BCUT2D eigenvalue weighted by Crippen LogP contribution is -2.48. The standard InChI is InChI=1S/C18H15ClF2N4O2/c1-9-5-22-17(23-6-9)24-13(26)7-25-8-18(4-12(18)20)14-10(16(25)27)2-3-11(19)15(14)21/h2-3,5-6,12H,4,7-8H2,1H3,(H,22,23,24,26)/t12-,18-/m1/s1. The first-order valence-electron chi connectivity index (χ1n) is 8.32. The van der Waals surface area contributed by atoms with Crippen LogP contribution >= 0.6 is 11.6 Å². The van der Waals surface area contributed by atoms with Crippen molar-refractivity contribution in [3.63, 3.8) is 0 Å². The number of rotatable bonds is 3. The predicted octanol–water partition coefficient (Wildman–Crippen LogP) is 2.65. The molecule has 1 N–H and O–H groups in total. The van der Waals surface area contributed by atoms with Crippen molar-refractivity contribution < 1.29 is 18.4 Å². The maximum atomic E-state index is 14.5. The summed E-state index contributed by atoms with van der Waals surface area (Å²) in [4.78, 5) is 34.2. The Morgan fingerprint density at radius 3 is 2.70 bits per heavy atom. The van der Waals surface area contributed by atoms with E-state index in [4.69, 9.17) is 11.6 Å². The molecule has 140 valence electrons. The minimum atomic E-state index is -1.29. The molecule has 2 heterocycles. The molecule has 2 aliphatic rings. The fourth-order valence-electron chi connectivity index (χ4n) is 3.48. The van der Waals surface area contributed by atoms with Crippen molar-refractivity contribution >= 4 is 29.4 Å². The number of nitrogens with zero attached hydrogens (tertiary/aromatic N) is 3. The summed E-state index contributed by atoms with van der Waals surface area (Å²) in [6.07, 6.45) is 1.89. The number of amides is 2. The highest BCUT2D eigenvalue weighted by molar-refractivity contribution is 6.31. The molecule has 0 saturated heterocycles. The minimum Gasteiger partial charge on any atom is -0.328 e. The van der Waals surface area contributed by atoms with Crippen molar-refractivity contribution in [3.8, 4) is 0 Å². The van der Waals surface area contributed by atoms with Gasteiger partial charge in [-0.2, -0.15) is 0 Å². The molecule has 1 aliphatic carbocycles. The summed E-state index contributed by atoms with van der Waals surface area (Å²) in [7, 11) is 0. The zero-order chi connectivity index (χ0) is 19.3. The second-order valence-electron chi connectivity index (χ2n) is 6.91. The highest BCUT2D eigenvalue weighted by Gasteiger charge is 2.62. The van der Waals surface area contributed by atoms with E-state index < -0.39 is 29.2 Å². The molecule has 2 aromatic rings. The average molecular weight is 393 g/mol. The molecule has 1 saturated carbocycles. The van der Waals surface area contributed by atoms with Crippen LogP contribution in [0.3, 0.4) is 0 Å². The van der Waals surface area contributed by atoms with Gasteiger partial charge in [0.2, 0.25) is 11.9 Å². The number of aromatic nitrogens is 2. The number of alkyl halides is 1. The van der Waals surface area contributed by atoms with Crippen molar-refractivity contribution in [3.05, 3.63) is 52.1 Å². The number of hydrogen-bond donors (Lipinski definition) is 1. The van der Waals surface area contributed by atoms with Gasteiger partial charge in [0.25, 0.3) is 5.91 Å². The Balaban J connectivity index is 1.58. The summed E-state index contributed by atoms with van der Waals surface area (Å²) in [5.41, 5.74) is -0.242. The van der Waals surface area contributed by atoms with Crippen molar-refractivity contribution in [1.82, 2.24) is 14.9 Å². The van der Waals surface area contributed by atoms with Crippen LogP contribution in [0.25, 0.3) is 0 Å². The molecule has 1 spiro atoms. The van der Waals surface area contributed by atoms with Gasteiger partial charge in [0.15, 0.2) is 0 Å². The van der Waals surface area contributed by atoms with Gasteiger partial charge < -0.3 is 4.90 Å². The van der Waals surface area contributed by atoms with Crippen LogP contribution in [0.15, 0.2) is 24.5 Å². The maximum absolute atomic E-state index is 14.5. The quantitative estimate of drug-likeness (QED) is 0.871. The Labute approximate surface area is 158 Å². The van der Waals surface area contributed by atoms with Gasteiger partial charge in [-0.3, -0.25) is 14.9 Å². The number of halogens is 3. The van der Waals surface area contributed by atoms with Crippen LogP contribution < -0.4 is 5.32 Å². The number of anilines is 1. The Morgan fingerprint density at radius 1 is 1.41 bits per heavy atom. The number of carbonyl (C=O) groups excluding carboxylic acids is 2. The largest absolute Gasteiger partial charge is 0.328 e. The van der Waals surface area contributed by atoms with E-state index in [0.717, 1.165) is 5.56 Å². The molecule has 6 nitrogen and oxygen atoms in total. The molecular formula is C18H15ClF2N4O2. The molecule has 9 heteroatoms. The minimum absolute atomic E-state index is 0.0195. The second kappa shape index (κ2) is 6.23. The zero-order valence-corrected chi connectivity index (χ0v) is 15.1. The molecule has 0 unspecified atom stereocenters. The lowest BCUT2D eigenvalue weighted by molar-refractivity contribution is -0.117.